The number of rotatable bonds is 1. The van der Waals surface area contributed by atoms with Gasteiger partial charge >= 0.3 is 0 Å². The van der Waals surface area contributed by atoms with E-state index in [1.807, 2.05) is 0 Å². The van der Waals surface area contributed by atoms with Crippen LogP contribution in [0, 0.1) is 11.8 Å². The predicted molar refractivity (Wildman–Crippen MR) is 51.7 cm³/mol. The number of aliphatic hydroxyl groups is 1. The first-order valence-electron chi connectivity index (χ1n) is 5.75. The maximum Gasteiger partial charge on any atom is 0.233 e. The summed E-state index contributed by atoms with van der Waals surface area (Å²) < 4.78 is 0. The van der Waals surface area contributed by atoms with Gasteiger partial charge in [0, 0.05) is 0 Å². The first-order valence-corrected chi connectivity index (χ1v) is 5.75. The van der Waals surface area contributed by atoms with Gasteiger partial charge in [0.2, 0.25) is 11.8 Å². The molecular weight excluding hydrogens is 194 g/mol. The second-order valence-corrected chi connectivity index (χ2v) is 4.91. The van der Waals surface area contributed by atoms with E-state index in [-0.39, 0.29) is 29.7 Å². The number of fused-ring (bicyclic) bond motifs is 1. The zero-order valence-electron chi connectivity index (χ0n) is 8.56. The van der Waals surface area contributed by atoms with Gasteiger partial charge in [0.1, 0.15) is 0 Å². The number of piperidine rings is 1. The topological polar surface area (TPSA) is 57.6 Å². The summed E-state index contributed by atoms with van der Waals surface area (Å²) in [6.45, 7) is 0. The number of hydrogen-bond donors (Lipinski definition) is 1. The van der Waals surface area contributed by atoms with Crippen molar-refractivity contribution in [3.8, 4) is 0 Å². The lowest BCUT2D eigenvalue weighted by Crippen LogP contribution is -2.49. The largest absolute Gasteiger partial charge is 0.391 e. The van der Waals surface area contributed by atoms with Crippen LogP contribution in [-0.4, -0.2) is 34.0 Å². The smallest absolute Gasteiger partial charge is 0.233 e. The van der Waals surface area contributed by atoms with Crippen LogP contribution >= 0.6 is 0 Å². The van der Waals surface area contributed by atoms with Crippen LogP contribution in [0.3, 0.4) is 0 Å². The van der Waals surface area contributed by atoms with Crippen molar-refractivity contribution in [3.05, 3.63) is 0 Å². The number of nitrogens with zero attached hydrogens (tertiary/aromatic N) is 1. The highest BCUT2D eigenvalue weighted by atomic mass is 16.3. The molecule has 1 heterocycles. The molecule has 0 aromatic rings. The van der Waals surface area contributed by atoms with Crippen LogP contribution < -0.4 is 0 Å². The number of imide groups is 1. The third-order valence-electron chi connectivity index (χ3n) is 3.93. The Labute approximate surface area is 88.2 Å². The van der Waals surface area contributed by atoms with Crippen molar-refractivity contribution in [1.29, 1.82) is 0 Å². The molecule has 2 amide bonds. The zero-order valence-corrected chi connectivity index (χ0v) is 8.56. The van der Waals surface area contributed by atoms with E-state index in [2.05, 4.69) is 0 Å². The summed E-state index contributed by atoms with van der Waals surface area (Å²) in [5, 5.41) is 9.82. The van der Waals surface area contributed by atoms with Gasteiger partial charge in [-0.1, -0.05) is 12.8 Å². The Bertz CT molecular complexity index is 308. The SMILES string of the molecule is O=C1C2CC2C(=O)N1C1CCCCC1O. The van der Waals surface area contributed by atoms with Crippen molar-refractivity contribution in [3.63, 3.8) is 0 Å². The molecule has 0 bridgehead atoms. The fraction of sp³-hybridized carbons (Fsp3) is 0.818. The van der Waals surface area contributed by atoms with Gasteiger partial charge in [0.15, 0.2) is 0 Å². The van der Waals surface area contributed by atoms with E-state index < -0.39 is 6.10 Å². The van der Waals surface area contributed by atoms with Gasteiger partial charge < -0.3 is 5.11 Å². The zero-order chi connectivity index (χ0) is 10.6. The Morgan fingerprint density at radius 1 is 1.07 bits per heavy atom. The van der Waals surface area contributed by atoms with Crippen LogP contribution in [0.5, 0.6) is 0 Å². The van der Waals surface area contributed by atoms with Crippen LogP contribution in [0.15, 0.2) is 0 Å². The van der Waals surface area contributed by atoms with E-state index in [1.165, 1.54) is 4.90 Å². The normalized spacial score (nSPS) is 44.5. The van der Waals surface area contributed by atoms with Crippen molar-refractivity contribution in [2.75, 3.05) is 0 Å². The molecule has 82 valence electrons. The minimum absolute atomic E-state index is 0.0315. The summed E-state index contributed by atoms with van der Waals surface area (Å²) in [7, 11) is 0. The molecule has 4 atom stereocenters. The summed E-state index contributed by atoms with van der Waals surface area (Å²) in [6.07, 6.45) is 3.75. The van der Waals surface area contributed by atoms with E-state index in [1.54, 1.807) is 0 Å². The van der Waals surface area contributed by atoms with Crippen LogP contribution in [0.1, 0.15) is 32.1 Å². The standard InChI is InChI=1S/C11H15NO3/c13-9-4-2-1-3-8(9)12-10(14)6-5-7(6)11(12)15/h6-9,13H,1-5H2. The lowest BCUT2D eigenvalue weighted by molar-refractivity contribution is -0.148. The number of aliphatic hydroxyl groups excluding tert-OH is 1. The molecular formula is C11H15NO3. The molecule has 0 radical (unpaired) electrons. The van der Waals surface area contributed by atoms with E-state index in [0.29, 0.717) is 0 Å². The molecule has 4 heteroatoms. The maximum absolute atomic E-state index is 11.8. The van der Waals surface area contributed by atoms with E-state index in [0.717, 1.165) is 32.1 Å². The molecule has 0 spiro atoms. The van der Waals surface area contributed by atoms with Gasteiger partial charge in [-0.3, -0.25) is 14.5 Å². The first kappa shape index (κ1) is 9.33. The molecule has 0 aromatic carbocycles. The summed E-state index contributed by atoms with van der Waals surface area (Å²) >= 11 is 0. The lowest BCUT2D eigenvalue weighted by Gasteiger charge is -2.34. The molecule has 3 rings (SSSR count). The van der Waals surface area contributed by atoms with Crippen molar-refractivity contribution >= 4 is 11.8 Å². The van der Waals surface area contributed by atoms with Crippen LogP contribution in [0.25, 0.3) is 0 Å². The number of carbonyl (C=O) groups excluding carboxylic acids is 2. The van der Waals surface area contributed by atoms with E-state index in [9.17, 15) is 14.7 Å². The second-order valence-electron chi connectivity index (χ2n) is 4.91. The fourth-order valence-corrected chi connectivity index (χ4v) is 2.93. The average Bonchev–Trinajstić information content (AvgIpc) is 2.96. The third kappa shape index (κ3) is 1.24. The lowest BCUT2D eigenvalue weighted by atomic mass is 9.91. The number of amides is 2. The van der Waals surface area contributed by atoms with Crippen molar-refractivity contribution in [1.82, 2.24) is 4.90 Å². The molecule has 0 aromatic heterocycles. The molecule has 2 aliphatic carbocycles. The summed E-state index contributed by atoms with van der Waals surface area (Å²) in [5.74, 6) is -0.134. The summed E-state index contributed by atoms with van der Waals surface area (Å²) in [4.78, 5) is 25.0. The highest BCUT2D eigenvalue weighted by molar-refractivity contribution is 6.09. The quantitative estimate of drug-likeness (QED) is 0.632. The van der Waals surface area contributed by atoms with E-state index in [4.69, 9.17) is 0 Å². The molecule has 3 aliphatic rings. The van der Waals surface area contributed by atoms with Crippen molar-refractivity contribution in [2.24, 2.45) is 11.8 Å². The van der Waals surface area contributed by atoms with Gasteiger partial charge in [-0.25, -0.2) is 0 Å². The Morgan fingerprint density at radius 3 is 2.27 bits per heavy atom. The minimum atomic E-state index is -0.496. The average molecular weight is 209 g/mol. The monoisotopic (exact) mass is 209 g/mol. The maximum atomic E-state index is 11.8. The van der Waals surface area contributed by atoms with Crippen LogP contribution in [-0.2, 0) is 9.59 Å². The number of likely N-dealkylation sites (tertiary alicyclic amines) is 1. The van der Waals surface area contributed by atoms with E-state index >= 15 is 0 Å². The number of carbonyl (C=O) groups is 2. The van der Waals surface area contributed by atoms with Gasteiger partial charge in [-0.2, -0.15) is 0 Å². The molecule has 2 saturated carbocycles. The molecule has 4 unspecified atom stereocenters. The fourth-order valence-electron chi connectivity index (χ4n) is 2.93. The van der Waals surface area contributed by atoms with Crippen LogP contribution in [0.2, 0.25) is 0 Å². The van der Waals surface area contributed by atoms with Crippen molar-refractivity contribution in [2.45, 2.75) is 44.2 Å². The highest BCUT2D eigenvalue weighted by Gasteiger charge is 2.60. The second kappa shape index (κ2) is 3.04. The molecule has 1 saturated heterocycles. The molecule has 15 heavy (non-hydrogen) atoms. The Balaban J connectivity index is 1.81. The molecule has 1 N–H and O–H groups in total. The minimum Gasteiger partial charge on any atom is -0.391 e. The molecule has 1 aliphatic heterocycles. The van der Waals surface area contributed by atoms with Crippen LogP contribution in [0.4, 0.5) is 0 Å². The predicted octanol–water partition coefficient (Wildman–Crippen LogP) is 0.295. The molecule has 4 nitrogen and oxygen atoms in total. The Hall–Kier alpha value is -0.900. The van der Waals surface area contributed by atoms with Crippen molar-refractivity contribution < 1.29 is 14.7 Å². The van der Waals surface area contributed by atoms with Gasteiger partial charge in [0.25, 0.3) is 0 Å². The third-order valence-corrected chi connectivity index (χ3v) is 3.93. The molecule has 3 fully saturated rings. The first-order chi connectivity index (χ1) is 7.20. The Morgan fingerprint density at radius 2 is 1.67 bits per heavy atom. The Kier molecular flexibility index (Phi) is 1.89. The van der Waals surface area contributed by atoms with Gasteiger partial charge in [0.05, 0.1) is 24.0 Å². The van der Waals surface area contributed by atoms with Gasteiger partial charge in [-0.05, 0) is 19.3 Å². The van der Waals surface area contributed by atoms with Gasteiger partial charge in [-0.15, -0.1) is 0 Å². The summed E-state index contributed by atoms with van der Waals surface area (Å²) in [5.41, 5.74) is 0. The summed E-state index contributed by atoms with van der Waals surface area (Å²) in [6, 6.07) is -0.230. The highest BCUT2D eigenvalue weighted by Crippen LogP contribution is 2.48. The number of hydrogen-bond acceptors (Lipinski definition) is 3.